The number of rotatable bonds is 0. The molecule has 0 N–H and O–H groups in total. The van der Waals surface area contributed by atoms with Gasteiger partial charge in [0.05, 0.1) is 0 Å². The quantitative estimate of drug-likeness (QED) is 0.203. The monoisotopic (exact) mass is 1540 g/mol. The molecule has 0 fully saturated rings. The molecular formula is B12Na36O36. The minimum absolute atomic E-state index is 0. The van der Waals surface area contributed by atoms with E-state index in [4.69, 9.17) is 181 Å². The summed E-state index contributed by atoms with van der Waals surface area (Å²) in [7, 11) is -35.0. The Morgan fingerprint density at radius 2 is 0.0595 bits per heavy atom. The van der Waals surface area contributed by atoms with Crippen molar-refractivity contribution >= 4 is 87.9 Å². The first-order valence-corrected chi connectivity index (χ1v) is 8.49. The van der Waals surface area contributed by atoms with Gasteiger partial charge in [-0.15, -0.1) is 0 Å². The molecule has 0 amide bonds. The Morgan fingerprint density at radius 3 is 0.0595 bits per heavy atom. The second kappa shape index (κ2) is 320. The van der Waals surface area contributed by atoms with E-state index >= 15 is 0 Å². The fraction of sp³-hybridized carbons (Fsp3) is 0. The minimum Gasteiger partial charge on any atom is -0.907 e. The maximum atomic E-state index is 8.42. The predicted octanol–water partition coefficient (Wildman–Crippen LogP) is -155. The van der Waals surface area contributed by atoms with Gasteiger partial charge in [0.2, 0.25) is 0 Å². The molecular weight excluding hydrogens is 1530 g/mol. The third-order valence-corrected chi connectivity index (χ3v) is 0. The van der Waals surface area contributed by atoms with Crippen LogP contribution in [0.4, 0.5) is 0 Å². The van der Waals surface area contributed by atoms with Crippen molar-refractivity contribution in [3.8, 4) is 0 Å². The number of hydrogen-bond donors (Lipinski definition) is 0. The molecule has 0 unspecified atom stereocenters. The molecule has 288 valence electrons. The van der Waals surface area contributed by atoms with E-state index in [9.17, 15) is 0 Å². The smallest absolute Gasteiger partial charge is 0.907 e. The molecule has 36 nitrogen and oxygen atoms in total. The van der Waals surface area contributed by atoms with Crippen molar-refractivity contribution in [3.05, 3.63) is 0 Å². The van der Waals surface area contributed by atoms with Gasteiger partial charge in [-0.25, -0.2) is 0 Å². The molecule has 0 radical (unpaired) electrons. The van der Waals surface area contributed by atoms with Gasteiger partial charge in [-0.05, 0) is 0 Å². The van der Waals surface area contributed by atoms with Crippen LogP contribution in [0.2, 0.25) is 0 Å². The zero-order valence-corrected chi connectivity index (χ0v) is 130. The summed E-state index contributed by atoms with van der Waals surface area (Å²) < 4.78 is 0. The van der Waals surface area contributed by atoms with Crippen LogP contribution in [0, 0.1) is 0 Å². The van der Waals surface area contributed by atoms with Crippen LogP contribution in [-0.2, 0) is 0 Å². The first-order chi connectivity index (χ1) is 20.8. The zero-order valence-electron chi connectivity index (χ0n) is 57.6. The van der Waals surface area contributed by atoms with Crippen molar-refractivity contribution in [1.82, 2.24) is 0 Å². The van der Waals surface area contributed by atoms with E-state index in [-0.39, 0.29) is 1060 Å². The molecule has 0 saturated heterocycles. The third kappa shape index (κ3) is 1270. The van der Waals surface area contributed by atoms with Crippen LogP contribution < -0.4 is 1240 Å². The second-order valence-corrected chi connectivity index (χ2v) is 3.46. The molecule has 0 aliphatic rings. The molecule has 0 heterocycles. The Balaban J connectivity index is -0.00000000352. The second-order valence-electron chi connectivity index (χ2n) is 3.46. The van der Waals surface area contributed by atoms with Crippen LogP contribution >= 0.6 is 0 Å². The Morgan fingerprint density at radius 1 is 0.0595 bits per heavy atom. The molecule has 0 spiro atoms. The molecule has 0 rings (SSSR count). The minimum atomic E-state index is -2.92. The zero-order chi connectivity index (χ0) is 42.9. The van der Waals surface area contributed by atoms with Gasteiger partial charge in [0.15, 0.2) is 0 Å². The van der Waals surface area contributed by atoms with E-state index in [0.717, 1.165) is 0 Å². The van der Waals surface area contributed by atoms with Gasteiger partial charge in [0.25, 0.3) is 0 Å². The SMILES string of the molecule is [Na+].[Na+].[Na+].[Na+].[Na+].[Na+].[Na+].[Na+].[Na+].[Na+].[Na+].[Na+].[Na+].[Na+].[Na+].[Na+].[Na+].[Na+].[Na+].[Na+].[Na+].[Na+].[Na+].[Na+].[Na+].[Na+].[Na+].[Na+].[Na+].[Na+].[Na+].[Na+].[Na+].[Na+].[Na+].[Na+].[O-]B([O-])[O-].[O-]B([O-])[O-].[O-]B([O-])[O-].[O-]B([O-])[O-].[O-]B([O-])[O-].[O-]B([O-])[O-].[O-]B([O-])[O-].[O-]B([O-])[O-].[O-]B([O-])[O-].[O-]B([O-])[O-].[O-]B([O-])[O-].[O-]B([O-])[O-]. The normalized spacial score (nSPS) is 3.86. The van der Waals surface area contributed by atoms with E-state index in [0.29, 0.717) is 0 Å². The summed E-state index contributed by atoms with van der Waals surface area (Å²) in [5.74, 6) is 0. The van der Waals surface area contributed by atoms with Crippen molar-refractivity contribution in [3.63, 3.8) is 0 Å². The molecule has 0 aromatic heterocycles. The molecule has 84 heteroatoms. The Labute approximate surface area is 1290 Å². The average Bonchev–Trinajstić information content (AvgIpc) is 2.61. The Hall–Kier alpha value is 35.3. The van der Waals surface area contributed by atoms with Gasteiger partial charge >= 0.3 is 1060 Å². The van der Waals surface area contributed by atoms with Crippen molar-refractivity contribution < 1.29 is 1240 Å². The van der Waals surface area contributed by atoms with Gasteiger partial charge in [0, 0.05) is 0 Å². The van der Waals surface area contributed by atoms with Gasteiger partial charge in [0.1, 0.15) is 0 Å². The summed E-state index contributed by atoms with van der Waals surface area (Å²) in [5, 5.41) is 303. The van der Waals surface area contributed by atoms with Gasteiger partial charge in [-0.2, -0.15) is 0 Å². The average molecular weight is 1530 g/mol. The van der Waals surface area contributed by atoms with Crippen molar-refractivity contribution in [2.75, 3.05) is 0 Å². The first kappa shape index (κ1) is 328. The molecule has 0 aromatic rings. The van der Waals surface area contributed by atoms with Crippen molar-refractivity contribution in [2.24, 2.45) is 0 Å². The summed E-state index contributed by atoms with van der Waals surface area (Å²) in [5.41, 5.74) is 0. The molecule has 0 atom stereocenters. The Bertz CT molecular complexity index is 308. The van der Waals surface area contributed by atoms with Gasteiger partial charge in [-0.1, -0.05) is 0 Å². The van der Waals surface area contributed by atoms with Crippen molar-refractivity contribution in [1.29, 1.82) is 0 Å². The van der Waals surface area contributed by atoms with E-state index in [1.807, 2.05) is 0 Å². The van der Waals surface area contributed by atoms with Crippen LogP contribution in [0.3, 0.4) is 0 Å². The van der Waals surface area contributed by atoms with Gasteiger partial charge < -0.3 is 181 Å². The molecule has 0 aliphatic carbocycles. The van der Waals surface area contributed by atoms with Crippen LogP contribution in [0.5, 0.6) is 0 Å². The van der Waals surface area contributed by atoms with E-state index in [1.54, 1.807) is 0 Å². The van der Waals surface area contributed by atoms with Crippen LogP contribution in [0.15, 0.2) is 0 Å². The maximum Gasteiger partial charge on any atom is 1.00 e. The standard InChI is InChI=1S/12BO3.36Na/c12*2-1(3)4;;;;;;;;;;;;;;;;;;;;;;;;;;;;;;;;;;;;/q12*-3;36*+1. The van der Waals surface area contributed by atoms with Crippen LogP contribution in [0.25, 0.3) is 0 Å². The van der Waals surface area contributed by atoms with Crippen LogP contribution in [0.1, 0.15) is 0 Å². The topological polar surface area (TPSA) is 830 Å². The summed E-state index contributed by atoms with van der Waals surface area (Å²) in [6.45, 7) is 0. The predicted molar refractivity (Wildman–Crippen MR) is 69.0 cm³/mol. The van der Waals surface area contributed by atoms with E-state index in [2.05, 4.69) is 0 Å². The van der Waals surface area contributed by atoms with Gasteiger partial charge in [-0.3, -0.25) is 87.9 Å². The number of hydrogen-bond acceptors (Lipinski definition) is 36. The summed E-state index contributed by atoms with van der Waals surface area (Å²) in [6, 6.07) is 0. The summed E-state index contributed by atoms with van der Waals surface area (Å²) in [4.78, 5) is 0. The fourth-order valence-electron chi connectivity index (χ4n) is 0. The third-order valence-electron chi connectivity index (χ3n) is 0. The molecule has 0 bridgehead atoms. The van der Waals surface area contributed by atoms with Crippen molar-refractivity contribution in [2.45, 2.75) is 0 Å². The van der Waals surface area contributed by atoms with Crippen LogP contribution in [-0.4, -0.2) is 87.9 Å². The molecule has 0 aromatic carbocycles. The Kier molecular flexibility index (Phi) is 1250. The largest absolute Gasteiger partial charge is 1.00 e. The summed E-state index contributed by atoms with van der Waals surface area (Å²) >= 11 is 0. The van der Waals surface area contributed by atoms with E-state index < -0.39 is 87.9 Å². The molecule has 84 heavy (non-hydrogen) atoms. The van der Waals surface area contributed by atoms with E-state index in [1.165, 1.54) is 0 Å². The molecule has 0 saturated carbocycles. The molecule has 0 aliphatic heterocycles. The summed E-state index contributed by atoms with van der Waals surface area (Å²) in [6.07, 6.45) is 0. The first-order valence-electron chi connectivity index (χ1n) is 8.49. The fourth-order valence-corrected chi connectivity index (χ4v) is 0. The maximum absolute atomic E-state index is 8.42.